The Morgan fingerprint density at radius 3 is 2.93 bits per heavy atom. The molecule has 2 aliphatic rings. The largest absolute Gasteiger partial charge is 0.364 e. The first-order valence-electron chi connectivity index (χ1n) is 4.84. The summed E-state index contributed by atoms with van der Waals surface area (Å²) in [5.41, 5.74) is 3.42. The van der Waals surface area contributed by atoms with Crippen molar-refractivity contribution in [2.45, 2.75) is 31.5 Å². The van der Waals surface area contributed by atoms with E-state index >= 15 is 0 Å². The topological polar surface area (TPSA) is 36.3 Å². The lowest BCUT2D eigenvalue weighted by molar-refractivity contribution is 0.292. The van der Waals surface area contributed by atoms with Gasteiger partial charge in [-0.25, -0.2) is 0 Å². The van der Waals surface area contributed by atoms with Gasteiger partial charge in [-0.05, 0) is 23.3 Å². The molecule has 1 aromatic rings. The van der Waals surface area contributed by atoms with Crippen molar-refractivity contribution in [2.75, 3.05) is 0 Å². The van der Waals surface area contributed by atoms with Crippen molar-refractivity contribution >= 4 is 0 Å². The minimum atomic E-state index is 0.119. The molecule has 0 bridgehead atoms. The van der Waals surface area contributed by atoms with Gasteiger partial charge in [0, 0.05) is 5.41 Å². The zero-order chi connectivity index (χ0) is 9.92. The van der Waals surface area contributed by atoms with Gasteiger partial charge in [-0.2, -0.15) is 5.26 Å². The minimum Gasteiger partial charge on any atom is -0.364 e. The smallest absolute Gasteiger partial charge is 0.110 e. The van der Waals surface area contributed by atoms with Gasteiger partial charge < -0.3 is 4.74 Å². The molecule has 1 fully saturated rings. The third-order valence-corrected chi connectivity index (χ3v) is 3.38. The highest BCUT2D eigenvalue weighted by molar-refractivity contribution is 5.50. The van der Waals surface area contributed by atoms with Gasteiger partial charge in [-0.3, -0.25) is 0 Å². The molecule has 2 atom stereocenters. The molecule has 2 heteroatoms. The molecule has 1 aliphatic carbocycles. The van der Waals surface area contributed by atoms with Crippen LogP contribution in [0.4, 0.5) is 0 Å². The van der Waals surface area contributed by atoms with E-state index in [9.17, 15) is 0 Å². The Labute approximate surface area is 83.1 Å². The second-order valence-corrected chi connectivity index (χ2v) is 4.61. The number of rotatable bonds is 0. The van der Waals surface area contributed by atoms with Gasteiger partial charge in [0.25, 0.3) is 0 Å². The SMILES string of the molecule is CC1(C)c2ccc(C#N)cc2C2OC21. The molecule has 0 amide bonds. The fourth-order valence-corrected chi connectivity index (χ4v) is 2.51. The summed E-state index contributed by atoms with van der Waals surface area (Å²) in [6.45, 7) is 4.41. The Hall–Kier alpha value is -1.33. The van der Waals surface area contributed by atoms with Crippen LogP contribution in [0, 0.1) is 11.3 Å². The van der Waals surface area contributed by atoms with Crippen LogP contribution in [0.15, 0.2) is 18.2 Å². The number of hydrogen-bond acceptors (Lipinski definition) is 2. The zero-order valence-electron chi connectivity index (χ0n) is 8.24. The highest BCUT2D eigenvalue weighted by Crippen LogP contribution is 2.58. The number of ether oxygens (including phenoxy) is 1. The van der Waals surface area contributed by atoms with Crippen molar-refractivity contribution in [3.63, 3.8) is 0 Å². The third kappa shape index (κ3) is 0.784. The molecule has 3 rings (SSSR count). The maximum atomic E-state index is 8.81. The fraction of sp³-hybridized carbons (Fsp3) is 0.417. The van der Waals surface area contributed by atoms with E-state index in [1.165, 1.54) is 11.1 Å². The Morgan fingerprint density at radius 2 is 2.21 bits per heavy atom. The van der Waals surface area contributed by atoms with Crippen LogP contribution in [0.3, 0.4) is 0 Å². The van der Waals surface area contributed by atoms with E-state index in [2.05, 4.69) is 26.0 Å². The molecule has 0 aromatic heterocycles. The van der Waals surface area contributed by atoms with E-state index < -0.39 is 0 Å². The molecule has 0 saturated carbocycles. The summed E-state index contributed by atoms with van der Waals surface area (Å²) in [6, 6.07) is 8.10. The fourth-order valence-electron chi connectivity index (χ4n) is 2.51. The predicted molar refractivity (Wildman–Crippen MR) is 51.8 cm³/mol. The van der Waals surface area contributed by atoms with Crippen molar-refractivity contribution in [3.8, 4) is 6.07 Å². The van der Waals surface area contributed by atoms with Gasteiger partial charge in [0.15, 0.2) is 0 Å². The minimum absolute atomic E-state index is 0.119. The van der Waals surface area contributed by atoms with Gasteiger partial charge in [0.05, 0.1) is 17.7 Å². The van der Waals surface area contributed by atoms with Crippen molar-refractivity contribution < 1.29 is 4.74 Å². The summed E-state index contributed by atoms with van der Waals surface area (Å²) in [4.78, 5) is 0. The molecular formula is C12H11NO. The second-order valence-electron chi connectivity index (χ2n) is 4.61. The molecular weight excluding hydrogens is 174 g/mol. The van der Waals surface area contributed by atoms with Gasteiger partial charge in [0.2, 0.25) is 0 Å². The average molecular weight is 185 g/mol. The molecule has 1 heterocycles. The van der Waals surface area contributed by atoms with E-state index in [0.717, 1.165) is 5.56 Å². The maximum Gasteiger partial charge on any atom is 0.110 e. The monoisotopic (exact) mass is 185 g/mol. The Morgan fingerprint density at radius 1 is 1.43 bits per heavy atom. The Kier molecular flexibility index (Phi) is 1.25. The number of epoxide rings is 1. The van der Waals surface area contributed by atoms with Gasteiger partial charge in [-0.1, -0.05) is 19.9 Å². The normalized spacial score (nSPS) is 30.4. The third-order valence-electron chi connectivity index (χ3n) is 3.38. The van der Waals surface area contributed by atoms with Gasteiger partial charge in [-0.15, -0.1) is 0 Å². The number of benzene rings is 1. The first-order chi connectivity index (χ1) is 6.64. The van der Waals surface area contributed by atoms with Crippen LogP contribution in [0.2, 0.25) is 0 Å². The van der Waals surface area contributed by atoms with Crippen LogP contribution < -0.4 is 0 Å². The predicted octanol–water partition coefficient (Wildman–Crippen LogP) is 2.29. The summed E-state index contributed by atoms with van der Waals surface area (Å²) in [5.74, 6) is 0. The Balaban J connectivity index is 2.21. The summed E-state index contributed by atoms with van der Waals surface area (Å²) in [6.07, 6.45) is 0.597. The molecule has 1 saturated heterocycles. The van der Waals surface area contributed by atoms with Gasteiger partial charge >= 0.3 is 0 Å². The molecule has 70 valence electrons. The van der Waals surface area contributed by atoms with E-state index in [4.69, 9.17) is 10.00 Å². The number of nitrogens with zero attached hydrogens (tertiary/aromatic N) is 1. The van der Waals surface area contributed by atoms with Gasteiger partial charge in [0.1, 0.15) is 6.10 Å². The van der Waals surface area contributed by atoms with Crippen molar-refractivity contribution in [2.24, 2.45) is 0 Å². The number of hydrogen-bond donors (Lipinski definition) is 0. The lowest BCUT2D eigenvalue weighted by Gasteiger charge is -2.20. The van der Waals surface area contributed by atoms with E-state index in [-0.39, 0.29) is 11.5 Å². The molecule has 0 radical (unpaired) electrons. The lowest BCUT2D eigenvalue weighted by Crippen LogP contribution is -2.21. The summed E-state index contributed by atoms with van der Waals surface area (Å²) in [7, 11) is 0. The average Bonchev–Trinajstić information content (AvgIpc) is 2.93. The standard InChI is InChI=1S/C12H11NO/c1-12(2)9-4-3-7(6-13)5-8(9)10-11(12)14-10/h3-5,10-11H,1-2H3. The van der Waals surface area contributed by atoms with Crippen LogP contribution in [0.1, 0.15) is 36.6 Å². The summed E-state index contributed by atoms with van der Waals surface area (Å²) < 4.78 is 5.58. The zero-order valence-corrected chi connectivity index (χ0v) is 8.24. The van der Waals surface area contributed by atoms with E-state index in [1.807, 2.05) is 12.1 Å². The number of nitriles is 1. The lowest BCUT2D eigenvalue weighted by atomic mass is 9.85. The molecule has 0 spiro atoms. The van der Waals surface area contributed by atoms with Crippen molar-refractivity contribution in [1.29, 1.82) is 5.26 Å². The van der Waals surface area contributed by atoms with Crippen LogP contribution >= 0.6 is 0 Å². The number of fused-ring (bicyclic) bond motifs is 3. The Bertz CT molecular complexity index is 456. The van der Waals surface area contributed by atoms with E-state index in [1.54, 1.807) is 0 Å². The molecule has 1 aromatic carbocycles. The molecule has 2 unspecified atom stereocenters. The quantitative estimate of drug-likeness (QED) is 0.581. The molecule has 1 aliphatic heterocycles. The van der Waals surface area contributed by atoms with Crippen molar-refractivity contribution in [3.05, 3.63) is 34.9 Å². The molecule has 2 nitrogen and oxygen atoms in total. The van der Waals surface area contributed by atoms with Crippen LogP contribution in [-0.2, 0) is 10.2 Å². The van der Waals surface area contributed by atoms with Crippen LogP contribution in [-0.4, -0.2) is 6.10 Å². The first kappa shape index (κ1) is 8.02. The highest BCUT2D eigenvalue weighted by atomic mass is 16.6. The van der Waals surface area contributed by atoms with E-state index in [0.29, 0.717) is 6.10 Å². The maximum absolute atomic E-state index is 8.81. The van der Waals surface area contributed by atoms with Crippen LogP contribution in [0.25, 0.3) is 0 Å². The van der Waals surface area contributed by atoms with Crippen molar-refractivity contribution in [1.82, 2.24) is 0 Å². The van der Waals surface area contributed by atoms with Crippen LogP contribution in [0.5, 0.6) is 0 Å². The first-order valence-corrected chi connectivity index (χ1v) is 4.84. The molecule has 0 N–H and O–H groups in total. The molecule has 14 heavy (non-hydrogen) atoms. The highest BCUT2D eigenvalue weighted by Gasteiger charge is 2.58. The summed E-state index contributed by atoms with van der Waals surface area (Å²) in [5, 5.41) is 8.81. The summed E-state index contributed by atoms with van der Waals surface area (Å²) >= 11 is 0. The second kappa shape index (κ2) is 2.18.